The first-order valence-electron chi connectivity index (χ1n) is 7.15. The number of hydrogen-bond donors (Lipinski definition) is 2. The number of hydrogen-bond acceptors (Lipinski definition) is 4. The molecule has 7 nitrogen and oxygen atoms in total. The standard InChI is InChI=1S/C15H15F3N2O5S/c1-20(8-10-3-2-4-11(5-10)25-9-14(21)22)26(23,24)12-6-13(19-7-12)15(16,17)18/h2-7,19H,8-9H2,1H3,(H,21,22). The van der Waals surface area contributed by atoms with E-state index in [0.717, 1.165) is 10.5 Å². The fourth-order valence-electron chi connectivity index (χ4n) is 2.09. The first-order chi connectivity index (χ1) is 12.0. The highest BCUT2D eigenvalue weighted by Crippen LogP contribution is 2.30. The molecule has 11 heteroatoms. The molecule has 0 saturated heterocycles. The molecule has 0 spiro atoms. The molecule has 0 aliphatic carbocycles. The normalized spacial score (nSPS) is 12.3. The second kappa shape index (κ2) is 7.38. The van der Waals surface area contributed by atoms with E-state index < -0.39 is 39.4 Å². The lowest BCUT2D eigenvalue weighted by Crippen LogP contribution is -2.26. The summed E-state index contributed by atoms with van der Waals surface area (Å²) in [5.41, 5.74) is -0.681. The van der Waals surface area contributed by atoms with Crippen LogP contribution in [-0.4, -0.2) is 42.4 Å². The van der Waals surface area contributed by atoms with Gasteiger partial charge in [0, 0.05) is 19.8 Å². The molecule has 0 bridgehead atoms. The molecule has 142 valence electrons. The maximum atomic E-state index is 12.6. The molecule has 1 heterocycles. The Morgan fingerprint density at radius 2 is 2.00 bits per heavy atom. The Bertz CT molecular complexity index is 893. The summed E-state index contributed by atoms with van der Waals surface area (Å²) in [5.74, 6) is -0.931. The highest BCUT2D eigenvalue weighted by molar-refractivity contribution is 7.89. The summed E-state index contributed by atoms with van der Waals surface area (Å²) >= 11 is 0. The number of rotatable bonds is 7. The number of ether oxygens (including phenoxy) is 1. The summed E-state index contributed by atoms with van der Waals surface area (Å²) in [6.45, 7) is -0.694. The van der Waals surface area contributed by atoms with Crippen LogP contribution in [-0.2, 0) is 27.5 Å². The number of nitrogens with zero attached hydrogens (tertiary/aromatic N) is 1. The van der Waals surface area contributed by atoms with E-state index >= 15 is 0 Å². The molecular formula is C15H15F3N2O5S. The molecule has 0 atom stereocenters. The van der Waals surface area contributed by atoms with E-state index in [2.05, 4.69) is 0 Å². The highest BCUT2D eigenvalue weighted by atomic mass is 32.2. The average molecular weight is 392 g/mol. The first kappa shape index (κ1) is 19.8. The molecule has 2 aromatic rings. The summed E-state index contributed by atoms with van der Waals surface area (Å²) in [5, 5.41) is 8.59. The summed E-state index contributed by atoms with van der Waals surface area (Å²) in [6.07, 6.45) is -3.90. The van der Waals surface area contributed by atoms with Crippen LogP contribution in [0.2, 0.25) is 0 Å². The summed E-state index contributed by atoms with van der Waals surface area (Å²) in [7, 11) is -2.93. The predicted molar refractivity (Wildman–Crippen MR) is 84.0 cm³/mol. The lowest BCUT2D eigenvalue weighted by molar-refractivity contribution is -0.141. The number of halogens is 3. The number of aliphatic carboxylic acids is 1. The lowest BCUT2D eigenvalue weighted by atomic mass is 10.2. The summed E-state index contributed by atoms with van der Waals surface area (Å²) in [6, 6.07) is 6.61. The third-order valence-corrected chi connectivity index (χ3v) is 5.12. The number of carboxylic acids is 1. The van der Waals surface area contributed by atoms with Crippen molar-refractivity contribution in [2.24, 2.45) is 0 Å². The third-order valence-electron chi connectivity index (χ3n) is 3.34. The van der Waals surface area contributed by atoms with E-state index in [1.807, 2.05) is 4.98 Å². The van der Waals surface area contributed by atoms with Crippen LogP contribution in [0.25, 0.3) is 0 Å². The third kappa shape index (κ3) is 4.76. The first-order valence-corrected chi connectivity index (χ1v) is 8.59. The zero-order valence-corrected chi connectivity index (χ0v) is 14.3. The van der Waals surface area contributed by atoms with E-state index in [4.69, 9.17) is 9.84 Å². The van der Waals surface area contributed by atoms with Crippen molar-refractivity contribution in [2.75, 3.05) is 13.7 Å². The molecule has 1 aromatic carbocycles. The molecule has 1 aromatic heterocycles. The van der Waals surface area contributed by atoms with Gasteiger partial charge in [0.2, 0.25) is 10.0 Å². The van der Waals surface area contributed by atoms with Gasteiger partial charge in [0.25, 0.3) is 0 Å². The number of H-pyrrole nitrogens is 1. The maximum Gasteiger partial charge on any atom is 0.431 e. The Kier molecular flexibility index (Phi) is 5.62. The van der Waals surface area contributed by atoms with E-state index in [-0.39, 0.29) is 12.3 Å². The number of carbonyl (C=O) groups is 1. The summed E-state index contributed by atoms with van der Waals surface area (Å²) < 4.78 is 68.5. The van der Waals surface area contributed by atoms with Crippen LogP contribution in [0.4, 0.5) is 13.2 Å². The lowest BCUT2D eigenvalue weighted by Gasteiger charge is -2.17. The zero-order valence-electron chi connectivity index (χ0n) is 13.4. The van der Waals surface area contributed by atoms with Gasteiger partial charge in [-0.1, -0.05) is 12.1 Å². The van der Waals surface area contributed by atoms with E-state index in [0.29, 0.717) is 11.6 Å². The topological polar surface area (TPSA) is 99.7 Å². The fraction of sp³-hybridized carbons (Fsp3) is 0.267. The molecule has 0 amide bonds. The van der Waals surface area contributed by atoms with Crippen molar-refractivity contribution in [1.82, 2.24) is 9.29 Å². The molecule has 0 saturated carbocycles. The van der Waals surface area contributed by atoms with E-state index in [1.165, 1.54) is 19.2 Å². The molecule has 26 heavy (non-hydrogen) atoms. The Balaban J connectivity index is 2.15. The molecule has 0 fully saturated rings. The van der Waals surface area contributed by atoms with Crippen LogP contribution in [0.1, 0.15) is 11.3 Å². The average Bonchev–Trinajstić information content (AvgIpc) is 3.04. The van der Waals surface area contributed by atoms with Gasteiger partial charge in [0.1, 0.15) is 16.3 Å². The van der Waals surface area contributed by atoms with Crippen LogP contribution < -0.4 is 4.74 Å². The van der Waals surface area contributed by atoms with Crippen LogP contribution in [0.3, 0.4) is 0 Å². The number of aromatic nitrogens is 1. The van der Waals surface area contributed by atoms with Gasteiger partial charge in [-0.3, -0.25) is 0 Å². The molecule has 2 rings (SSSR count). The van der Waals surface area contributed by atoms with Crippen molar-refractivity contribution in [3.05, 3.63) is 47.8 Å². The Morgan fingerprint density at radius 1 is 1.31 bits per heavy atom. The van der Waals surface area contributed by atoms with Crippen LogP contribution in [0.15, 0.2) is 41.4 Å². The minimum Gasteiger partial charge on any atom is -0.482 e. The Morgan fingerprint density at radius 3 is 2.58 bits per heavy atom. The van der Waals surface area contributed by atoms with Gasteiger partial charge < -0.3 is 14.8 Å². The van der Waals surface area contributed by atoms with Crippen LogP contribution in [0, 0.1) is 0 Å². The SMILES string of the molecule is CN(Cc1cccc(OCC(=O)O)c1)S(=O)(=O)c1c[nH]c(C(F)(F)F)c1. The largest absolute Gasteiger partial charge is 0.482 e. The quantitative estimate of drug-likeness (QED) is 0.753. The van der Waals surface area contributed by atoms with E-state index in [9.17, 15) is 26.4 Å². The van der Waals surface area contributed by atoms with Crippen LogP contribution >= 0.6 is 0 Å². The smallest absolute Gasteiger partial charge is 0.431 e. The van der Waals surface area contributed by atoms with Gasteiger partial charge in [-0.15, -0.1) is 0 Å². The minimum atomic E-state index is -4.68. The molecule has 0 aliphatic heterocycles. The summed E-state index contributed by atoms with van der Waals surface area (Å²) in [4.78, 5) is 11.9. The predicted octanol–water partition coefficient (Wildman–Crippen LogP) is 2.32. The maximum absolute atomic E-state index is 12.6. The molecular weight excluding hydrogens is 377 g/mol. The number of sulfonamides is 1. The molecule has 0 aliphatic rings. The number of carboxylic acid groups (broad SMARTS) is 1. The highest BCUT2D eigenvalue weighted by Gasteiger charge is 2.34. The molecule has 0 unspecified atom stereocenters. The second-order valence-electron chi connectivity index (χ2n) is 5.34. The van der Waals surface area contributed by atoms with Gasteiger partial charge in [-0.05, 0) is 23.8 Å². The minimum absolute atomic E-state index is 0.140. The van der Waals surface area contributed by atoms with Gasteiger partial charge in [0.05, 0.1) is 0 Å². The molecule has 2 N–H and O–H groups in total. The van der Waals surface area contributed by atoms with Gasteiger partial charge >= 0.3 is 12.1 Å². The van der Waals surface area contributed by atoms with E-state index in [1.54, 1.807) is 12.1 Å². The molecule has 0 radical (unpaired) electrons. The zero-order chi connectivity index (χ0) is 19.5. The number of benzene rings is 1. The van der Waals surface area contributed by atoms with Gasteiger partial charge in [0.15, 0.2) is 6.61 Å². The van der Waals surface area contributed by atoms with Crippen molar-refractivity contribution >= 4 is 16.0 Å². The van der Waals surface area contributed by atoms with Crippen molar-refractivity contribution in [3.8, 4) is 5.75 Å². The van der Waals surface area contributed by atoms with Crippen molar-refractivity contribution in [3.63, 3.8) is 0 Å². The monoisotopic (exact) mass is 392 g/mol. The van der Waals surface area contributed by atoms with Crippen molar-refractivity contribution < 1.29 is 36.2 Å². The number of alkyl halides is 3. The van der Waals surface area contributed by atoms with Crippen molar-refractivity contribution in [1.29, 1.82) is 0 Å². The Hall–Kier alpha value is -2.53. The van der Waals surface area contributed by atoms with Gasteiger partial charge in [-0.2, -0.15) is 17.5 Å². The van der Waals surface area contributed by atoms with Gasteiger partial charge in [-0.25, -0.2) is 13.2 Å². The fourth-order valence-corrected chi connectivity index (χ4v) is 3.24. The number of aromatic amines is 1. The van der Waals surface area contributed by atoms with Crippen LogP contribution in [0.5, 0.6) is 5.75 Å². The second-order valence-corrected chi connectivity index (χ2v) is 7.38. The Labute approximate surface area is 147 Å². The van der Waals surface area contributed by atoms with Crippen molar-refractivity contribution in [2.45, 2.75) is 17.6 Å². The number of nitrogens with one attached hydrogen (secondary N) is 1.